The van der Waals surface area contributed by atoms with Crippen LogP contribution in [0.25, 0.3) is 0 Å². The molecule has 3 aromatic carbocycles. The molecule has 174 valence electrons. The Hall–Kier alpha value is -3.09. The van der Waals surface area contributed by atoms with Gasteiger partial charge >= 0.3 is 0 Å². The Kier molecular flexibility index (Phi) is 6.97. The van der Waals surface area contributed by atoms with Crippen molar-refractivity contribution < 1.29 is 9.59 Å². The molecule has 3 aromatic rings. The largest absolute Gasteiger partial charge is 0.336 e. The molecule has 34 heavy (non-hydrogen) atoms. The Morgan fingerprint density at radius 1 is 0.765 bits per heavy atom. The van der Waals surface area contributed by atoms with Crippen LogP contribution in [0.2, 0.25) is 0 Å². The molecular weight excluding hydrogens is 442 g/mol. The molecule has 1 atom stereocenters. The van der Waals surface area contributed by atoms with Gasteiger partial charge in [0.1, 0.15) is 5.37 Å². The Morgan fingerprint density at radius 2 is 1.35 bits per heavy atom. The third-order valence-corrected chi connectivity index (χ3v) is 7.77. The zero-order valence-electron chi connectivity index (χ0n) is 19.2. The van der Waals surface area contributed by atoms with Gasteiger partial charge in [-0.2, -0.15) is 0 Å². The SMILES string of the molecule is O=C(c1ccc([C@H]2SCC(=O)N2Cc2ccccc2)cc1)N1CCN(Cc2ccccc2)CC1. The lowest BCUT2D eigenvalue weighted by Crippen LogP contribution is -2.48. The number of piperazine rings is 1. The van der Waals surface area contributed by atoms with Crippen LogP contribution in [-0.2, 0) is 17.9 Å². The van der Waals surface area contributed by atoms with E-state index < -0.39 is 0 Å². The number of benzene rings is 3. The first-order valence-electron chi connectivity index (χ1n) is 11.8. The number of amides is 2. The summed E-state index contributed by atoms with van der Waals surface area (Å²) in [5.74, 6) is 0.736. The van der Waals surface area contributed by atoms with Gasteiger partial charge in [-0.05, 0) is 28.8 Å². The van der Waals surface area contributed by atoms with Crippen LogP contribution < -0.4 is 0 Å². The number of thioether (sulfide) groups is 1. The van der Waals surface area contributed by atoms with E-state index in [-0.39, 0.29) is 17.2 Å². The molecule has 2 heterocycles. The van der Waals surface area contributed by atoms with E-state index in [0.29, 0.717) is 17.9 Å². The Labute approximate surface area is 205 Å². The maximum atomic E-state index is 13.1. The highest BCUT2D eigenvalue weighted by Crippen LogP contribution is 2.39. The van der Waals surface area contributed by atoms with Gasteiger partial charge < -0.3 is 9.80 Å². The van der Waals surface area contributed by atoms with Crippen LogP contribution >= 0.6 is 11.8 Å². The minimum absolute atomic E-state index is 0.0154. The van der Waals surface area contributed by atoms with Crippen LogP contribution in [0.1, 0.15) is 32.4 Å². The fraction of sp³-hybridized carbons (Fsp3) is 0.286. The third-order valence-electron chi connectivity index (χ3n) is 6.52. The van der Waals surface area contributed by atoms with Crippen molar-refractivity contribution in [2.24, 2.45) is 0 Å². The zero-order valence-corrected chi connectivity index (χ0v) is 20.0. The Balaban J connectivity index is 1.19. The van der Waals surface area contributed by atoms with E-state index in [0.717, 1.165) is 43.9 Å². The van der Waals surface area contributed by atoms with Crippen molar-refractivity contribution in [3.05, 3.63) is 107 Å². The molecule has 0 N–H and O–H groups in total. The molecule has 0 saturated carbocycles. The molecule has 5 nitrogen and oxygen atoms in total. The van der Waals surface area contributed by atoms with Crippen LogP contribution in [0.4, 0.5) is 0 Å². The second kappa shape index (κ2) is 10.5. The van der Waals surface area contributed by atoms with E-state index >= 15 is 0 Å². The lowest BCUT2D eigenvalue weighted by molar-refractivity contribution is -0.128. The van der Waals surface area contributed by atoms with Gasteiger partial charge in [0.25, 0.3) is 5.91 Å². The molecule has 0 aliphatic carbocycles. The molecule has 2 fully saturated rings. The average Bonchev–Trinajstić information content (AvgIpc) is 3.25. The number of nitrogens with zero attached hydrogens (tertiary/aromatic N) is 3. The first kappa shape index (κ1) is 22.7. The predicted octanol–water partition coefficient (Wildman–Crippen LogP) is 4.42. The van der Waals surface area contributed by atoms with Crippen molar-refractivity contribution in [1.82, 2.24) is 14.7 Å². The molecule has 0 aromatic heterocycles. The van der Waals surface area contributed by atoms with Crippen LogP contribution in [0.5, 0.6) is 0 Å². The monoisotopic (exact) mass is 471 g/mol. The van der Waals surface area contributed by atoms with E-state index in [4.69, 9.17) is 0 Å². The molecule has 2 aliphatic heterocycles. The van der Waals surface area contributed by atoms with E-state index in [2.05, 4.69) is 41.3 Å². The van der Waals surface area contributed by atoms with E-state index in [1.807, 2.05) is 58.3 Å². The highest BCUT2D eigenvalue weighted by atomic mass is 32.2. The van der Waals surface area contributed by atoms with Crippen molar-refractivity contribution in [2.45, 2.75) is 18.5 Å². The summed E-state index contributed by atoms with van der Waals surface area (Å²) in [6, 6.07) is 28.4. The van der Waals surface area contributed by atoms with Gasteiger partial charge in [-0.15, -0.1) is 11.8 Å². The van der Waals surface area contributed by atoms with Crippen LogP contribution in [0, 0.1) is 0 Å². The molecule has 2 saturated heterocycles. The highest BCUT2D eigenvalue weighted by Gasteiger charge is 2.33. The molecule has 2 aliphatic rings. The van der Waals surface area contributed by atoms with Gasteiger partial charge in [0.2, 0.25) is 5.91 Å². The molecule has 5 rings (SSSR count). The number of carbonyl (C=O) groups excluding carboxylic acids is 2. The summed E-state index contributed by atoms with van der Waals surface area (Å²) in [4.78, 5) is 31.9. The first-order valence-corrected chi connectivity index (χ1v) is 12.8. The second-order valence-electron chi connectivity index (χ2n) is 8.85. The smallest absolute Gasteiger partial charge is 0.253 e. The summed E-state index contributed by atoms with van der Waals surface area (Å²) >= 11 is 1.65. The molecular formula is C28H29N3O2S. The molecule has 0 bridgehead atoms. The van der Waals surface area contributed by atoms with Gasteiger partial charge in [0.15, 0.2) is 0 Å². The molecule has 0 spiro atoms. The van der Waals surface area contributed by atoms with Gasteiger partial charge in [0.05, 0.1) is 5.75 Å². The predicted molar refractivity (Wildman–Crippen MR) is 136 cm³/mol. The molecule has 0 radical (unpaired) electrons. The zero-order chi connectivity index (χ0) is 23.3. The third kappa shape index (κ3) is 5.18. The number of hydrogen-bond acceptors (Lipinski definition) is 4. The maximum absolute atomic E-state index is 13.1. The quantitative estimate of drug-likeness (QED) is 0.534. The van der Waals surface area contributed by atoms with Crippen molar-refractivity contribution in [2.75, 3.05) is 31.9 Å². The van der Waals surface area contributed by atoms with Crippen LogP contribution in [0.3, 0.4) is 0 Å². The molecule has 2 amide bonds. The van der Waals surface area contributed by atoms with E-state index in [1.165, 1.54) is 5.56 Å². The summed E-state index contributed by atoms with van der Waals surface area (Å²) in [6.45, 7) is 4.78. The van der Waals surface area contributed by atoms with Gasteiger partial charge in [-0.1, -0.05) is 72.8 Å². The standard InChI is InChI=1S/C28H29N3O2S/c32-26-21-34-28(31(26)20-23-9-5-2-6-10-23)25-13-11-24(12-14-25)27(33)30-17-15-29(16-18-30)19-22-7-3-1-4-8-22/h1-14,28H,15-21H2/t28-/m1/s1. The highest BCUT2D eigenvalue weighted by molar-refractivity contribution is 8.00. The molecule has 0 unspecified atom stereocenters. The Bertz CT molecular complexity index is 1110. The minimum atomic E-state index is -0.0154. The number of carbonyl (C=O) groups is 2. The van der Waals surface area contributed by atoms with Gasteiger partial charge in [-0.3, -0.25) is 14.5 Å². The van der Waals surface area contributed by atoms with Gasteiger partial charge in [0, 0.05) is 44.8 Å². The second-order valence-corrected chi connectivity index (χ2v) is 9.92. The summed E-state index contributed by atoms with van der Waals surface area (Å²) < 4.78 is 0. The van der Waals surface area contributed by atoms with Gasteiger partial charge in [-0.25, -0.2) is 0 Å². The van der Waals surface area contributed by atoms with Crippen molar-refractivity contribution >= 4 is 23.6 Å². The average molecular weight is 472 g/mol. The van der Waals surface area contributed by atoms with Crippen LogP contribution in [0.15, 0.2) is 84.9 Å². The van der Waals surface area contributed by atoms with Crippen molar-refractivity contribution in [1.29, 1.82) is 0 Å². The maximum Gasteiger partial charge on any atom is 0.253 e. The fourth-order valence-electron chi connectivity index (χ4n) is 4.60. The number of hydrogen-bond donors (Lipinski definition) is 0. The van der Waals surface area contributed by atoms with Crippen molar-refractivity contribution in [3.63, 3.8) is 0 Å². The number of rotatable bonds is 6. The van der Waals surface area contributed by atoms with Crippen molar-refractivity contribution in [3.8, 4) is 0 Å². The normalized spacial score (nSPS) is 18.9. The molecule has 6 heteroatoms. The summed E-state index contributed by atoms with van der Waals surface area (Å²) in [5, 5.41) is -0.0154. The Morgan fingerprint density at radius 3 is 1.97 bits per heavy atom. The lowest BCUT2D eigenvalue weighted by Gasteiger charge is -2.35. The summed E-state index contributed by atoms with van der Waals surface area (Å²) in [6.07, 6.45) is 0. The lowest BCUT2D eigenvalue weighted by atomic mass is 10.1. The topological polar surface area (TPSA) is 43.9 Å². The van der Waals surface area contributed by atoms with Crippen LogP contribution in [-0.4, -0.2) is 58.4 Å². The first-order chi connectivity index (χ1) is 16.7. The summed E-state index contributed by atoms with van der Waals surface area (Å²) in [5.41, 5.74) is 4.21. The fourth-order valence-corrected chi connectivity index (χ4v) is 5.79. The van der Waals surface area contributed by atoms with E-state index in [1.54, 1.807) is 11.8 Å². The van der Waals surface area contributed by atoms with E-state index in [9.17, 15) is 9.59 Å². The minimum Gasteiger partial charge on any atom is -0.336 e. The summed E-state index contributed by atoms with van der Waals surface area (Å²) in [7, 11) is 0.